The second-order valence-corrected chi connectivity index (χ2v) is 7.30. The smallest absolute Gasteiger partial charge is 0.241 e. The van der Waals surface area contributed by atoms with E-state index >= 15 is 0 Å². The SMILES string of the molecule is CCCC[n+]1c2ccccc2n2cc(-c3ccc(-c4ccccc4)cc3)[nH]c21. The van der Waals surface area contributed by atoms with E-state index < -0.39 is 0 Å². The molecule has 0 aliphatic heterocycles. The van der Waals surface area contributed by atoms with Gasteiger partial charge < -0.3 is 0 Å². The van der Waals surface area contributed by atoms with Crippen LogP contribution in [0.15, 0.2) is 85.1 Å². The van der Waals surface area contributed by atoms with Crippen molar-refractivity contribution in [1.82, 2.24) is 9.38 Å². The highest BCUT2D eigenvalue weighted by molar-refractivity contribution is 5.77. The lowest BCUT2D eigenvalue weighted by atomic mass is 10.0. The number of H-pyrrole nitrogens is 1. The summed E-state index contributed by atoms with van der Waals surface area (Å²) in [7, 11) is 0. The summed E-state index contributed by atoms with van der Waals surface area (Å²) in [6.45, 7) is 3.27. The van der Waals surface area contributed by atoms with Crippen molar-refractivity contribution in [1.29, 1.82) is 0 Å². The molecule has 1 N–H and O–H groups in total. The Labute approximate surface area is 164 Å². The molecule has 3 heteroatoms. The lowest BCUT2D eigenvalue weighted by Crippen LogP contribution is -2.33. The van der Waals surface area contributed by atoms with Gasteiger partial charge in [0.1, 0.15) is 22.9 Å². The molecule has 5 rings (SSSR count). The van der Waals surface area contributed by atoms with Crippen LogP contribution in [0.4, 0.5) is 0 Å². The third-order valence-electron chi connectivity index (χ3n) is 5.46. The van der Waals surface area contributed by atoms with E-state index in [1.54, 1.807) is 0 Å². The first-order chi connectivity index (χ1) is 13.8. The first-order valence-electron chi connectivity index (χ1n) is 10.0. The van der Waals surface area contributed by atoms with Crippen molar-refractivity contribution in [3.63, 3.8) is 0 Å². The first-order valence-corrected chi connectivity index (χ1v) is 10.0. The van der Waals surface area contributed by atoms with Crippen LogP contribution in [-0.2, 0) is 6.54 Å². The van der Waals surface area contributed by atoms with Gasteiger partial charge in [0.2, 0.25) is 0 Å². The molecule has 0 aliphatic rings. The molecule has 0 unspecified atom stereocenters. The standard InChI is InChI=1S/C25H23N3/c1-2-3-17-27-23-11-7-8-12-24(23)28-18-22(26-25(27)28)21-15-13-20(14-16-21)19-9-5-4-6-10-19/h4-16,18H,2-3,17H2,1H3/p+1. The van der Waals surface area contributed by atoms with E-state index in [0.717, 1.165) is 18.0 Å². The highest BCUT2D eigenvalue weighted by Crippen LogP contribution is 2.26. The van der Waals surface area contributed by atoms with Crippen molar-refractivity contribution >= 4 is 16.8 Å². The topological polar surface area (TPSA) is 24.1 Å². The van der Waals surface area contributed by atoms with E-state index in [2.05, 4.69) is 106 Å². The molecule has 28 heavy (non-hydrogen) atoms. The number of unbranched alkanes of at least 4 members (excludes halogenated alkanes) is 1. The zero-order chi connectivity index (χ0) is 18.9. The van der Waals surface area contributed by atoms with Crippen LogP contribution in [0.3, 0.4) is 0 Å². The van der Waals surface area contributed by atoms with Gasteiger partial charge in [-0.3, -0.25) is 0 Å². The number of aromatic nitrogens is 3. The Morgan fingerprint density at radius 3 is 2.25 bits per heavy atom. The number of benzene rings is 3. The molecule has 0 saturated carbocycles. The molecule has 0 fully saturated rings. The molecule has 0 atom stereocenters. The Hall–Kier alpha value is -3.33. The third-order valence-corrected chi connectivity index (χ3v) is 5.46. The van der Waals surface area contributed by atoms with E-state index in [9.17, 15) is 0 Å². The van der Waals surface area contributed by atoms with E-state index in [0.29, 0.717) is 0 Å². The molecule has 0 amide bonds. The number of hydrogen-bond donors (Lipinski definition) is 1. The van der Waals surface area contributed by atoms with Gasteiger partial charge in [-0.15, -0.1) is 0 Å². The predicted octanol–water partition coefficient (Wildman–Crippen LogP) is 5.84. The second-order valence-electron chi connectivity index (χ2n) is 7.30. The number of nitrogens with zero attached hydrogens (tertiary/aromatic N) is 2. The fourth-order valence-corrected chi connectivity index (χ4v) is 3.96. The average molecular weight is 366 g/mol. The third kappa shape index (κ3) is 2.80. The van der Waals surface area contributed by atoms with Gasteiger partial charge in [-0.05, 0) is 29.7 Å². The maximum atomic E-state index is 3.66. The lowest BCUT2D eigenvalue weighted by Gasteiger charge is -2.02. The highest BCUT2D eigenvalue weighted by atomic mass is 15.2. The zero-order valence-corrected chi connectivity index (χ0v) is 16.1. The molecule has 2 heterocycles. The Kier molecular flexibility index (Phi) is 4.21. The molecule has 5 aromatic rings. The number of aryl methyl sites for hydroxylation is 1. The Morgan fingerprint density at radius 1 is 0.786 bits per heavy atom. The number of hydrogen-bond acceptors (Lipinski definition) is 0. The predicted molar refractivity (Wildman–Crippen MR) is 115 cm³/mol. The van der Waals surface area contributed by atoms with Crippen molar-refractivity contribution in [3.8, 4) is 22.4 Å². The average Bonchev–Trinajstić information content (AvgIpc) is 3.31. The fraction of sp³-hybridized carbons (Fsp3) is 0.160. The van der Waals surface area contributed by atoms with Gasteiger partial charge in [-0.25, -0.2) is 9.55 Å². The van der Waals surface area contributed by atoms with Gasteiger partial charge in [0.15, 0.2) is 0 Å². The minimum Gasteiger partial charge on any atom is -0.241 e. The van der Waals surface area contributed by atoms with Gasteiger partial charge in [0.05, 0.1) is 6.54 Å². The summed E-state index contributed by atoms with van der Waals surface area (Å²) in [6, 6.07) is 27.9. The van der Waals surface area contributed by atoms with Crippen molar-refractivity contribution < 1.29 is 4.57 Å². The Bertz CT molecular complexity index is 1230. The fourth-order valence-electron chi connectivity index (χ4n) is 3.96. The van der Waals surface area contributed by atoms with Crippen LogP contribution in [0, 0.1) is 0 Å². The van der Waals surface area contributed by atoms with Crippen LogP contribution >= 0.6 is 0 Å². The molecule has 3 nitrogen and oxygen atoms in total. The van der Waals surface area contributed by atoms with E-state index in [1.807, 2.05) is 0 Å². The summed E-state index contributed by atoms with van der Waals surface area (Å²) < 4.78 is 4.69. The van der Waals surface area contributed by atoms with Gasteiger partial charge in [-0.1, -0.05) is 80.1 Å². The Morgan fingerprint density at radius 2 is 1.46 bits per heavy atom. The summed E-state index contributed by atoms with van der Waals surface area (Å²) in [5.41, 5.74) is 7.37. The number of imidazole rings is 2. The summed E-state index contributed by atoms with van der Waals surface area (Å²) >= 11 is 0. The molecular weight excluding hydrogens is 342 g/mol. The van der Waals surface area contributed by atoms with Crippen LogP contribution in [0.25, 0.3) is 39.2 Å². The van der Waals surface area contributed by atoms with E-state index in [1.165, 1.54) is 40.6 Å². The quantitative estimate of drug-likeness (QED) is 0.378. The summed E-state index contributed by atoms with van der Waals surface area (Å²) in [5.74, 6) is 1.15. The van der Waals surface area contributed by atoms with Crippen LogP contribution in [0.5, 0.6) is 0 Å². The number of fused-ring (bicyclic) bond motifs is 3. The molecular formula is C25H24N3+. The van der Waals surface area contributed by atoms with Crippen molar-refractivity contribution in [2.45, 2.75) is 26.3 Å². The molecule has 0 spiro atoms. The van der Waals surface area contributed by atoms with Crippen molar-refractivity contribution in [3.05, 3.63) is 85.1 Å². The summed E-state index contributed by atoms with van der Waals surface area (Å²) in [4.78, 5) is 3.66. The van der Waals surface area contributed by atoms with Crippen LogP contribution < -0.4 is 4.57 Å². The Balaban J connectivity index is 1.58. The van der Waals surface area contributed by atoms with E-state index in [-0.39, 0.29) is 0 Å². The second kappa shape index (κ2) is 7.01. The molecule has 138 valence electrons. The van der Waals surface area contributed by atoms with Crippen molar-refractivity contribution in [2.24, 2.45) is 0 Å². The monoisotopic (exact) mass is 366 g/mol. The molecule has 2 aromatic heterocycles. The van der Waals surface area contributed by atoms with Gasteiger partial charge >= 0.3 is 5.78 Å². The maximum Gasteiger partial charge on any atom is 0.368 e. The largest absolute Gasteiger partial charge is 0.368 e. The van der Waals surface area contributed by atoms with Gasteiger partial charge in [0, 0.05) is 5.56 Å². The number of nitrogens with one attached hydrogen (secondary N) is 1. The van der Waals surface area contributed by atoms with Gasteiger partial charge in [0.25, 0.3) is 0 Å². The minimum absolute atomic E-state index is 1.03. The van der Waals surface area contributed by atoms with Crippen molar-refractivity contribution in [2.75, 3.05) is 0 Å². The molecule has 3 aromatic carbocycles. The minimum atomic E-state index is 1.03. The summed E-state index contributed by atoms with van der Waals surface area (Å²) in [6.07, 6.45) is 4.58. The normalized spacial score (nSPS) is 11.5. The van der Waals surface area contributed by atoms with Crippen LogP contribution in [0.2, 0.25) is 0 Å². The summed E-state index contributed by atoms with van der Waals surface area (Å²) in [5, 5.41) is 0. The van der Waals surface area contributed by atoms with Crippen LogP contribution in [-0.4, -0.2) is 9.38 Å². The van der Waals surface area contributed by atoms with E-state index in [4.69, 9.17) is 0 Å². The lowest BCUT2D eigenvalue weighted by molar-refractivity contribution is -0.648. The number of para-hydroxylation sites is 2. The highest BCUT2D eigenvalue weighted by Gasteiger charge is 2.20. The number of aromatic amines is 1. The maximum absolute atomic E-state index is 3.66. The van der Waals surface area contributed by atoms with Gasteiger partial charge in [-0.2, -0.15) is 4.40 Å². The molecule has 0 saturated heterocycles. The first kappa shape index (κ1) is 16.8. The number of rotatable bonds is 5. The molecule has 0 bridgehead atoms. The molecule has 0 aliphatic carbocycles. The molecule has 0 radical (unpaired) electrons. The zero-order valence-electron chi connectivity index (χ0n) is 16.1. The van der Waals surface area contributed by atoms with Crippen LogP contribution in [0.1, 0.15) is 19.8 Å².